The molecule has 1 rings (SSSR count). The Bertz CT molecular complexity index is 255. The van der Waals surface area contributed by atoms with E-state index in [0.29, 0.717) is 0 Å². The molecule has 4 nitrogen and oxygen atoms in total. The number of hydrogen-bond acceptors (Lipinski definition) is 3. The van der Waals surface area contributed by atoms with Gasteiger partial charge in [0.25, 0.3) is 0 Å². The Morgan fingerprint density at radius 3 is 2.73 bits per heavy atom. The van der Waals surface area contributed by atoms with Gasteiger partial charge in [0.05, 0.1) is 12.1 Å². The molecule has 0 aliphatic heterocycles. The monoisotopic (exact) mass is 213 g/mol. The summed E-state index contributed by atoms with van der Waals surface area (Å²) in [6.07, 6.45) is 4.16. The average molecular weight is 213 g/mol. The second kappa shape index (κ2) is 4.66. The lowest BCUT2D eigenvalue weighted by molar-refractivity contribution is 0.0445. The highest BCUT2D eigenvalue weighted by atomic mass is 16.6. The summed E-state index contributed by atoms with van der Waals surface area (Å²) >= 11 is 0. The number of hydrogen-bond donors (Lipinski definition) is 2. The SMILES string of the molecule is CC(C)(C)OC(=O)N[C@@H]1CCC=C[C@@H]1O. The van der Waals surface area contributed by atoms with Crippen molar-refractivity contribution in [1.29, 1.82) is 0 Å². The normalized spacial score (nSPS) is 26.1. The van der Waals surface area contributed by atoms with Crippen molar-refractivity contribution < 1.29 is 14.6 Å². The first kappa shape index (κ1) is 12.0. The largest absolute Gasteiger partial charge is 0.444 e. The van der Waals surface area contributed by atoms with E-state index >= 15 is 0 Å². The smallest absolute Gasteiger partial charge is 0.407 e. The first-order valence-corrected chi connectivity index (χ1v) is 5.23. The van der Waals surface area contributed by atoms with Crippen LogP contribution in [0.3, 0.4) is 0 Å². The summed E-state index contributed by atoms with van der Waals surface area (Å²) in [6, 6.07) is -0.232. The van der Waals surface area contributed by atoms with Gasteiger partial charge in [0, 0.05) is 0 Å². The van der Waals surface area contributed by atoms with Crippen molar-refractivity contribution in [3.8, 4) is 0 Å². The zero-order valence-corrected chi connectivity index (χ0v) is 9.49. The molecule has 0 aromatic heterocycles. The fourth-order valence-electron chi connectivity index (χ4n) is 1.43. The van der Waals surface area contributed by atoms with Crippen LogP contribution in [0.15, 0.2) is 12.2 Å². The standard InChI is InChI=1S/C11H19NO3/c1-11(2,3)15-10(14)12-8-6-4-5-7-9(8)13/h5,7-9,13H,4,6H2,1-3H3,(H,12,14)/t8-,9+/m1/s1. The van der Waals surface area contributed by atoms with Gasteiger partial charge in [-0.2, -0.15) is 0 Å². The van der Waals surface area contributed by atoms with Gasteiger partial charge < -0.3 is 15.2 Å². The molecule has 86 valence electrons. The van der Waals surface area contributed by atoms with Crippen molar-refractivity contribution in [2.24, 2.45) is 0 Å². The highest BCUT2D eigenvalue weighted by Crippen LogP contribution is 2.13. The number of aliphatic hydroxyl groups is 1. The van der Waals surface area contributed by atoms with Gasteiger partial charge in [-0.05, 0) is 33.6 Å². The second-order valence-corrected chi connectivity index (χ2v) is 4.75. The zero-order valence-electron chi connectivity index (χ0n) is 9.49. The Morgan fingerprint density at radius 1 is 1.53 bits per heavy atom. The summed E-state index contributed by atoms with van der Waals surface area (Å²) in [4.78, 5) is 11.4. The summed E-state index contributed by atoms with van der Waals surface area (Å²) in [6.45, 7) is 5.43. The van der Waals surface area contributed by atoms with Crippen LogP contribution in [-0.2, 0) is 4.74 Å². The third kappa shape index (κ3) is 4.34. The number of allylic oxidation sites excluding steroid dienone is 1. The van der Waals surface area contributed by atoms with Crippen LogP contribution in [0.25, 0.3) is 0 Å². The number of carbonyl (C=O) groups excluding carboxylic acids is 1. The number of amides is 1. The summed E-state index contributed by atoms with van der Waals surface area (Å²) in [5.74, 6) is 0. The molecule has 0 aromatic rings. The van der Waals surface area contributed by atoms with Gasteiger partial charge in [0.1, 0.15) is 5.60 Å². The lowest BCUT2D eigenvalue weighted by Crippen LogP contribution is -2.45. The van der Waals surface area contributed by atoms with Gasteiger partial charge in [0.15, 0.2) is 0 Å². The number of aliphatic hydroxyl groups excluding tert-OH is 1. The predicted octanol–water partition coefficient (Wildman–Crippen LogP) is 1.59. The van der Waals surface area contributed by atoms with Crippen molar-refractivity contribution in [2.45, 2.75) is 51.4 Å². The first-order chi connectivity index (χ1) is 6.88. The van der Waals surface area contributed by atoms with E-state index in [1.807, 2.05) is 26.8 Å². The van der Waals surface area contributed by atoms with Crippen molar-refractivity contribution in [2.75, 3.05) is 0 Å². The minimum Gasteiger partial charge on any atom is -0.444 e. The van der Waals surface area contributed by atoms with Crippen molar-refractivity contribution >= 4 is 6.09 Å². The maximum absolute atomic E-state index is 11.4. The molecule has 0 radical (unpaired) electrons. The molecule has 2 atom stereocenters. The van der Waals surface area contributed by atoms with Gasteiger partial charge in [0.2, 0.25) is 0 Å². The van der Waals surface area contributed by atoms with E-state index in [2.05, 4.69) is 5.32 Å². The molecule has 0 saturated carbocycles. The number of ether oxygens (including phenoxy) is 1. The van der Waals surface area contributed by atoms with Crippen molar-refractivity contribution in [3.63, 3.8) is 0 Å². The number of alkyl carbamates (subject to hydrolysis) is 1. The summed E-state index contributed by atoms with van der Waals surface area (Å²) in [5, 5.41) is 12.2. The Hall–Kier alpha value is -1.03. The zero-order chi connectivity index (χ0) is 11.5. The minimum absolute atomic E-state index is 0.232. The lowest BCUT2D eigenvalue weighted by Gasteiger charge is -2.26. The molecule has 0 unspecified atom stereocenters. The van der Waals surface area contributed by atoms with Crippen LogP contribution < -0.4 is 5.32 Å². The van der Waals surface area contributed by atoms with Crippen LogP contribution in [0.2, 0.25) is 0 Å². The van der Waals surface area contributed by atoms with E-state index < -0.39 is 17.8 Å². The summed E-state index contributed by atoms with van der Waals surface area (Å²) in [5.41, 5.74) is -0.500. The Morgan fingerprint density at radius 2 is 2.20 bits per heavy atom. The van der Waals surface area contributed by atoms with E-state index in [9.17, 15) is 9.90 Å². The third-order valence-corrected chi connectivity index (χ3v) is 2.09. The Labute approximate surface area is 90.3 Å². The molecular weight excluding hydrogens is 194 g/mol. The van der Waals surface area contributed by atoms with E-state index in [0.717, 1.165) is 12.8 Å². The number of nitrogens with one attached hydrogen (secondary N) is 1. The molecule has 0 bridgehead atoms. The van der Waals surface area contributed by atoms with Gasteiger partial charge in [-0.1, -0.05) is 12.2 Å². The van der Waals surface area contributed by atoms with Crippen LogP contribution >= 0.6 is 0 Å². The summed E-state index contributed by atoms with van der Waals surface area (Å²) < 4.78 is 5.10. The molecule has 15 heavy (non-hydrogen) atoms. The second-order valence-electron chi connectivity index (χ2n) is 4.75. The molecule has 2 N–H and O–H groups in total. The van der Waals surface area contributed by atoms with E-state index in [1.54, 1.807) is 6.08 Å². The molecule has 0 fully saturated rings. The van der Waals surface area contributed by atoms with Gasteiger partial charge in [-0.3, -0.25) is 0 Å². The average Bonchev–Trinajstić information content (AvgIpc) is 2.05. The highest BCUT2D eigenvalue weighted by Gasteiger charge is 2.24. The summed E-state index contributed by atoms with van der Waals surface area (Å²) in [7, 11) is 0. The number of carbonyl (C=O) groups is 1. The maximum Gasteiger partial charge on any atom is 0.407 e. The fraction of sp³-hybridized carbons (Fsp3) is 0.727. The van der Waals surface area contributed by atoms with Crippen LogP contribution in [0, 0.1) is 0 Å². The van der Waals surface area contributed by atoms with E-state index in [1.165, 1.54) is 0 Å². The molecule has 1 aliphatic carbocycles. The molecule has 1 amide bonds. The molecule has 0 heterocycles. The molecule has 1 aliphatic rings. The number of rotatable bonds is 1. The van der Waals surface area contributed by atoms with E-state index in [-0.39, 0.29) is 6.04 Å². The van der Waals surface area contributed by atoms with Gasteiger partial charge >= 0.3 is 6.09 Å². The molecule has 0 aromatic carbocycles. The van der Waals surface area contributed by atoms with Gasteiger partial charge in [-0.15, -0.1) is 0 Å². The topological polar surface area (TPSA) is 58.6 Å². The lowest BCUT2D eigenvalue weighted by atomic mass is 9.99. The molecule has 4 heteroatoms. The molecule has 0 spiro atoms. The van der Waals surface area contributed by atoms with Gasteiger partial charge in [-0.25, -0.2) is 4.79 Å². The Kier molecular flexibility index (Phi) is 3.74. The van der Waals surface area contributed by atoms with Crippen molar-refractivity contribution in [3.05, 3.63) is 12.2 Å². The maximum atomic E-state index is 11.4. The highest BCUT2D eigenvalue weighted by molar-refractivity contribution is 5.68. The van der Waals surface area contributed by atoms with Crippen LogP contribution in [0.4, 0.5) is 4.79 Å². The molecule has 0 saturated heterocycles. The van der Waals surface area contributed by atoms with E-state index in [4.69, 9.17) is 4.74 Å². The first-order valence-electron chi connectivity index (χ1n) is 5.23. The predicted molar refractivity (Wildman–Crippen MR) is 57.5 cm³/mol. The third-order valence-electron chi connectivity index (χ3n) is 2.09. The Balaban J connectivity index is 2.41. The van der Waals surface area contributed by atoms with Crippen LogP contribution in [0.5, 0.6) is 0 Å². The minimum atomic E-state index is -0.605. The van der Waals surface area contributed by atoms with Crippen LogP contribution in [0.1, 0.15) is 33.6 Å². The molecular formula is C11H19NO3. The fourth-order valence-corrected chi connectivity index (χ4v) is 1.43. The quantitative estimate of drug-likeness (QED) is 0.650. The van der Waals surface area contributed by atoms with Crippen molar-refractivity contribution in [1.82, 2.24) is 5.32 Å². The van der Waals surface area contributed by atoms with Crippen LogP contribution in [-0.4, -0.2) is 28.9 Å².